The highest BCUT2D eigenvalue weighted by atomic mass is 32.2. The highest BCUT2D eigenvalue weighted by molar-refractivity contribution is 7.90. The third kappa shape index (κ3) is 4.47. The first-order chi connectivity index (χ1) is 14.9. The van der Waals surface area contributed by atoms with Gasteiger partial charge in [0.15, 0.2) is 0 Å². The van der Waals surface area contributed by atoms with Gasteiger partial charge >= 0.3 is 0 Å². The molecule has 4 rings (SSSR count). The van der Waals surface area contributed by atoms with Crippen LogP contribution >= 0.6 is 11.3 Å². The topological polar surface area (TPSA) is 91.7 Å². The van der Waals surface area contributed by atoms with E-state index in [0.717, 1.165) is 28.1 Å². The number of unbranched alkanes of at least 4 members (excludes halogenated alkanes) is 1. The Bertz CT molecular complexity index is 1220. The van der Waals surface area contributed by atoms with Gasteiger partial charge < -0.3 is 4.90 Å². The molecule has 7 nitrogen and oxygen atoms in total. The summed E-state index contributed by atoms with van der Waals surface area (Å²) in [5, 5.41) is 0.853. The van der Waals surface area contributed by atoms with Gasteiger partial charge in [0.1, 0.15) is 16.9 Å². The number of amides is 1. The van der Waals surface area contributed by atoms with Crippen molar-refractivity contribution < 1.29 is 13.2 Å². The molecule has 0 radical (unpaired) electrons. The van der Waals surface area contributed by atoms with Gasteiger partial charge in [0.05, 0.1) is 21.7 Å². The van der Waals surface area contributed by atoms with Gasteiger partial charge in [-0.1, -0.05) is 44.0 Å². The third-order valence-corrected chi connectivity index (χ3v) is 7.57. The molecular weight excluding hydrogens is 432 g/mol. The maximum atomic E-state index is 13.2. The number of benzene rings is 2. The van der Waals surface area contributed by atoms with Crippen molar-refractivity contribution >= 4 is 43.3 Å². The molecule has 1 unspecified atom stereocenters. The number of aromatic nitrogens is 1. The molecule has 31 heavy (non-hydrogen) atoms. The van der Waals surface area contributed by atoms with Crippen LogP contribution in [0.5, 0.6) is 0 Å². The van der Waals surface area contributed by atoms with Crippen LogP contribution in [0.4, 0.5) is 0 Å². The van der Waals surface area contributed by atoms with E-state index in [4.69, 9.17) is 0 Å². The van der Waals surface area contributed by atoms with Crippen LogP contribution in [0, 0.1) is 0 Å². The Morgan fingerprint density at radius 3 is 2.71 bits per heavy atom. The van der Waals surface area contributed by atoms with Crippen LogP contribution in [-0.4, -0.2) is 43.1 Å². The molecule has 1 aromatic heterocycles. The molecule has 0 saturated heterocycles. The van der Waals surface area contributed by atoms with Crippen molar-refractivity contribution in [3.8, 4) is 0 Å². The second kappa shape index (κ2) is 8.76. The SMILES string of the molecule is CCCCC(N=C1NS(=O)(=O)c2ccccc21)C(=O)N(C)Cc1nc2ccccc2s1. The van der Waals surface area contributed by atoms with Crippen LogP contribution in [0.1, 0.15) is 36.8 Å². The Hall–Kier alpha value is -2.78. The number of hydrogen-bond donors (Lipinski definition) is 1. The zero-order valence-electron chi connectivity index (χ0n) is 17.4. The number of hydrogen-bond acceptors (Lipinski definition) is 6. The molecule has 1 N–H and O–H groups in total. The van der Waals surface area contributed by atoms with Gasteiger partial charge in [0.2, 0.25) is 5.91 Å². The summed E-state index contributed by atoms with van der Waals surface area (Å²) < 4.78 is 28.4. The number of carbonyl (C=O) groups excluding carboxylic acids is 1. The zero-order valence-corrected chi connectivity index (χ0v) is 19.0. The van der Waals surface area contributed by atoms with E-state index in [9.17, 15) is 13.2 Å². The predicted molar refractivity (Wildman–Crippen MR) is 123 cm³/mol. The quantitative estimate of drug-likeness (QED) is 0.589. The molecule has 0 spiro atoms. The second-order valence-electron chi connectivity index (χ2n) is 7.51. The lowest BCUT2D eigenvalue weighted by Gasteiger charge is -2.21. The largest absolute Gasteiger partial charge is 0.337 e. The van der Waals surface area contributed by atoms with E-state index in [-0.39, 0.29) is 16.6 Å². The van der Waals surface area contributed by atoms with E-state index in [1.807, 2.05) is 31.2 Å². The molecular formula is C22H24N4O3S2. The Labute approximate surface area is 185 Å². The molecule has 3 aromatic rings. The van der Waals surface area contributed by atoms with Crippen LogP contribution in [-0.2, 0) is 21.4 Å². The molecule has 2 aromatic carbocycles. The minimum atomic E-state index is -3.64. The lowest BCUT2D eigenvalue weighted by Crippen LogP contribution is -2.36. The van der Waals surface area contributed by atoms with Gasteiger partial charge in [-0.3, -0.25) is 14.5 Å². The van der Waals surface area contributed by atoms with E-state index in [0.29, 0.717) is 18.5 Å². The van der Waals surface area contributed by atoms with Crippen molar-refractivity contribution in [2.45, 2.75) is 43.7 Å². The number of aliphatic imine (C=N–C) groups is 1. The fraction of sp³-hybridized carbons (Fsp3) is 0.318. The third-order valence-electron chi connectivity index (χ3n) is 5.15. The summed E-state index contributed by atoms with van der Waals surface area (Å²) in [6, 6.07) is 13.9. The molecule has 1 aliphatic rings. The number of thiazole rings is 1. The van der Waals surface area contributed by atoms with Gasteiger partial charge in [-0.05, 0) is 30.7 Å². The maximum Gasteiger partial charge on any atom is 0.263 e. The molecule has 9 heteroatoms. The van der Waals surface area contributed by atoms with Crippen molar-refractivity contribution in [2.75, 3.05) is 7.05 Å². The average molecular weight is 457 g/mol. The first-order valence-corrected chi connectivity index (χ1v) is 12.5. The summed E-state index contributed by atoms with van der Waals surface area (Å²) in [6.45, 7) is 2.43. The lowest BCUT2D eigenvalue weighted by molar-refractivity contribution is -0.131. The summed E-state index contributed by atoms with van der Waals surface area (Å²) in [5.74, 6) is 0.0854. The van der Waals surface area contributed by atoms with Gasteiger partial charge in [0, 0.05) is 12.6 Å². The Balaban J connectivity index is 1.58. The van der Waals surface area contributed by atoms with E-state index in [1.165, 1.54) is 0 Å². The number of nitrogens with one attached hydrogen (secondary N) is 1. The summed E-state index contributed by atoms with van der Waals surface area (Å²) >= 11 is 1.56. The fourth-order valence-corrected chi connectivity index (χ4v) is 5.81. The monoisotopic (exact) mass is 456 g/mol. The number of fused-ring (bicyclic) bond motifs is 2. The van der Waals surface area contributed by atoms with Crippen molar-refractivity contribution in [1.29, 1.82) is 0 Å². The first-order valence-electron chi connectivity index (χ1n) is 10.2. The van der Waals surface area contributed by atoms with Crippen LogP contribution in [0.3, 0.4) is 0 Å². The van der Waals surface area contributed by atoms with E-state index < -0.39 is 16.1 Å². The lowest BCUT2D eigenvalue weighted by atomic mass is 10.1. The molecule has 0 saturated carbocycles. The van der Waals surface area contributed by atoms with Gasteiger partial charge in [-0.2, -0.15) is 0 Å². The zero-order chi connectivity index (χ0) is 22.0. The molecule has 162 valence electrons. The number of nitrogens with zero attached hydrogens (tertiary/aromatic N) is 3. The molecule has 1 atom stereocenters. The summed E-state index contributed by atoms with van der Waals surface area (Å²) in [5.41, 5.74) is 1.42. The second-order valence-corrected chi connectivity index (χ2v) is 10.3. The molecule has 0 fully saturated rings. The Kier molecular flexibility index (Phi) is 6.06. The van der Waals surface area contributed by atoms with Crippen molar-refractivity contribution in [1.82, 2.24) is 14.6 Å². The van der Waals surface area contributed by atoms with Crippen LogP contribution in [0.25, 0.3) is 10.2 Å². The van der Waals surface area contributed by atoms with Crippen molar-refractivity contribution in [2.24, 2.45) is 4.99 Å². The number of sulfonamides is 1. The number of amidine groups is 1. The molecule has 1 aliphatic heterocycles. The van der Waals surface area contributed by atoms with Crippen LogP contribution in [0.2, 0.25) is 0 Å². The van der Waals surface area contributed by atoms with Gasteiger partial charge in [-0.15, -0.1) is 11.3 Å². The number of likely N-dealkylation sites (N-methyl/N-ethyl adjacent to an activating group) is 1. The first kappa shape index (κ1) is 21.5. The summed E-state index contributed by atoms with van der Waals surface area (Å²) in [6.07, 6.45) is 2.28. The summed E-state index contributed by atoms with van der Waals surface area (Å²) in [7, 11) is -1.91. The van der Waals surface area contributed by atoms with Crippen molar-refractivity contribution in [3.63, 3.8) is 0 Å². The maximum absolute atomic E-state index is 13.2. The van der Waals surface area contributed by atoms with E-state index in [1.54, 1.807) is 47.5 Å². The number of para-hydroxylation sites is 1. The van der Waals surface area contributed by atoms with Crippen LogP contribution in [0.15, 0.2) is 58.4 Å². The molecule has 2 heterocycles. The number of carbonyl (C=O) groups is 1. The normalized spacial score (nSPS) is 16.8. The standard InChI is InChI=1S/C22H24N4O3S2/c1-3-4-10-17(24-21-15-9-5-8-13-19(15)31(28,29)25-21)22(27)26(2)14-20-23-16-11-6-7-12-18(16)30-20/h5-9,11-13,17H,3-4,10,14H2,1-2H3,(H,24,25). The Morgan fingerprint density at radius 1 is 1.19 bits per heavy atom. The highest BCUT2D eigenvalue weighted by Crippen LogP contribution is 2.25. The van der Waals surface area contributed by atoms with Gasteiger partial charge in [-0.25, -0.2) is 13.4 Å². The predicted octanol–water partition coefficient (Wildman–Crippen LogP) is 3.55. The minimum Gasteiger partial charge on any atom is -0.337 e. The summed E-state index contributed by atoms with van der Waals surface area (Å²) in [4.78, 5) is 24.2. The Morgan fingerprint density at radius 2 is 1.94 bits per heavy atom. The fourth-order valence-electron chi connectivity index (χ4n) is 3.55. The van der Waals surface area contributed by atoms with E-state index >= 15 is 0 Å². The average Bonchev–Trinajstić information content (AvgIpc) is 3.28. The van der Waals surface area contributed by atoms with Crippen LogP contribution < -0.4 is 4.72 Å². The molecule has 0 bridgehead atoms. The number of rotatable bonds is 7. The molecule has 0 aliphatic carbocycles. The van der Waals surface area contributed by atoms with E-state index in [2.05, 4.69) is 14.7 Å². The smallest absolute Gasteiger partial charge is 0.263 e. The molecule has 1 amide bonds. The van der Waals surface area contributed by atoms with Crippen molar-refractivity contribution in [3.05, 3.63) is 59.1 Å². The van der Waals surface area contributed by atoms with Gasteiger partial charge in [0.25, 0.3) is 10.0 Å². The minimum absolute atomic E-state index is 0.149. The highest BCUT2D eigenvalue weighted by Gasteiger charge is 2.32.